The van der Waals surface area contributed by atoms with Crippen LogP contribution in [0, 0.1) is 6.92 Å². The van der Waals surface area contributed by atoms with Crippen molar-refractivity contribution in [1.29, 1.82) is 0 Å². The molecule has 1 unspecified atom stereocenters. The van der Waals surface area contributed by atoms with Crippen molar-refractivity contribution >= 4 is 16.7 Å². The average Bonchev–Trinajstić information content (AvgIpc) is 2.41. The molecule has 1 saturated heterocycles. The van der Waals surface area contributed by atoms with Crippen LogP contribution in [0.4, 0.5) is 0 Å². The molecule has 3 rings (SSSR count). The van der Waals surface area contributed by atoms with Crippen molar-refractivity contribution in [2.75, 3.05) is 24.7 Å². The van der Waals surface area contributed by atoms with Gasteiger partial charge in [0.25, 0.3) is 0 Å². The van der Waals surface area contributed by atoms with Crippen LogP contribution in [0.3, 0.4) is 0 Å². The van der Waals surface area contributed by atoms with Gasteiger partial charge < -0.3 is 4.74 Å². The van der Waals surface area contributed by atoms with E-state index in [0.717, 1.165) is 43.1 Å². The number of carbonyl (C=O) groups is 1. The number of hydrogen-bond acceptors (Lipinski definition) is 2. The maximum atomic E-state index is 12.6. The van der Waals surface area contributed by atoms with Crippen molar-refractivity contribution in [3.05, 3.63) is 34.9 Å². The first-order valence-electron chi connectivity index (χ1n) is 6.63. The van der Waals surface area contributed by atoms with Crippen molar-refractivity contribution in [3.8, 4) is 0 Å². The normalized spacial score (nSPS) is 24.9. The highest BCUT2D eigenvalue weighted by Gasteiger charge is 2.41. The zero-order chi connectivity index (χ0) is 12.5. The third-order valence-corrected chi connectivity index (χ3v) is 6.52. The van der Waals surface area contributed by atoms with Gasteiger partial charge in [-0.2, -0.15) is 0 Å². The summed E-state index contributed by atoms with van der Waals surface area (Å²) in [5, 5.41) is 0.267. The van der Waals surface area contributed by atoms with Crippen LogP contribution in [0.25, 0.3) is 0 Å². The summed E-state index contributed by atoms with van der Waals surface area (Å²) < 4.78 is 5.41. The summed E-state index contributed by atoms with van der Waals surface area (Å²) in [6, 6.07) is 6.32. The summed E-state index contributed by atoms with van der Waals surface area (Å²) in [6.45, 7) is 3.75. The molecule has 1 aliphatic heterocycles. The van der Waals surface area contributed by atoms with Gasteiger partial charge in [0, 0.05) is 22.9 Å². The van der Waals surface area contributed by atoms with Crippen LogP contribution in [0.5, 0.6) is 0 Å². The molecular formula is C15H19O2S+. The van der Waals surface area contributed by atoms with Gasteiger partial charge in [-0.1, -0.05) is 17.7 Å². The molecule has 0 amide bonds. The van der Waals surface area contributed by atoms with E-state index >= 15 is 0 Å². The minimum absolute atomic E-state index is 0.250. The van der Waals surface area contributed by atoms with Gasteiger partial charge in [0.05, 0.1) is 13.2 Å². The van der Waals surface area contributed by atoms with Gasteiger partial charge in [-0.15, -0.1) is 0 Å². The molecule has 0 saturated carbocycles. The number of rotatable bonds is 1. The van der Waals surface area contributed by atoms with Crippen LogP contribution >= 0.6 is 0 Å². The van der Waals surface area contributed by atoms with Gasteiger partial charge in [-0.3, -0.25) is 4.79 Å². The van der Waals surface area contributed by atoms with Gasteiger partial charge in [0.1, 0.15) is 11.5 Å². The second-order valence-electron chi connectivity index (χ2n) is 5.11. The van der Waals surface area contributed by atoms with Gasteiger partial charge in [-0.05, 0) is 25.0 Å². The van der Waals surface area contributed by atoms with E-state index in [-0.39, 0.29) is 16.1 Å². The van der Waals surface area contributed by atoms with E-state index in [2.05, 4.69) is 25.1 Å². The molecule has 0 radical (unpaired) electrons. The highest BCUT2D eigenvalue weighted by Crippen LogP contribution is 2.28. The monoisotopic (exact) mass is 263 g/mol. The fourth-order valence-electron chi connectivity index (χ4n) is 2.87. The van der Waals surface area contributed by atoms with Crippen molar-refractivity contribution < 1.29 is 9.53 Å². The van der Waals surface area contributed by atoms with Crippen LogP contribution in [0.2, 0.25) is 0 Å². The van der Waals surface area contributed by atoms with E-state index in [1.54, 1.807) is 0 Å². The zero-order valence-corrected chi connectivity index (χ0v) is 11.6. The molecule has 1 aliphatic carbocycles. The topological polar surface area (TPSA) is 26.3 Å². The van der Waals surface area contributed by atoms with E-state index in [0.29, 0.717) is 5.78 Å². The van der Waals surface area contributed by atoms with Crippen LogP contribution in [0.1, 0.15) is 27.9 Å². The van der Waals surface area contributed by atoms with Crippen molar-refractivity contribution in [2.45, 2.75) is 25.0 Å². The lowest BCUT2D eigenvalue weighted by Gasteiger charge is -2.26. The number of ether oxygens (including phenoxy) is 1. The second-order valence-corrected chi connectivity index (χ2v) is 7.57. The molecule has 96 valence electrons. The Labute approximate surface area is 111 Å². The van der Waals surface area contributed by atoms with E-state index in [1.165, 1.54) is 11.1 Å². The average molecular weight is 263 g/mol. The molecule has 2 nitrogen and oxygen atoms in total. The first kappa shape index (κ1) is 12.2. The molecule has 1 aromatic rings. The number of aryl methyl sites for hydroxylation is 2. The Morgan fingerprint density at radius 2 is 2.06 bits per heavy atom. The standard InChI is InChI=1S/C15H19O2S/c1-11-2-3-12-4-5-14(15(16)13(12)10-11)18-8-6-17-7-9-18/h2-3,10,14H,4-9H2,1H3/q+1. The number of Topliss-reactive ketones (excluding diaryl/α,β-unsaturated/α-hetero) is 1. The molecule has 18 heavy (non-hydrogen) atoms. The lowest BCUT2D eigenvalue weighted by Crippen LogP contribution is -2.42. The Hall–Kier alpha value is -0.800. The molecular weight excluding hydrogens is 244 g/mol. The summed E-state index contributed by atoms with van der Waals surface area (Å²) in [5.41, 5.74) is 3.43. The number of fused-ring (bicyclic) bond motifs is 1. The Morgan fingerprint density at radius 3 is 2.83 bits per heavy atom. The lowest BCUT2D eigenvalue weighted by molar-refractivity contribution is 0.0976. The summed E-state index contributed by atoms with van der Waals surface area (Å²) in [7, 11) is 0.250. The molecule has 1 heterocycles. The number of carbonyl (C=O) groups excluding carboxylic acids is 1. The van der Waals surface area contributed by atoms with Crippen LogP contribution in [0.15, 0.2) is 18.2 Å². The highest BCUT2D eigenvalue weighted by atomic mass is 32.2. The largest absolute Gasteiger partial charge is 0.372 e. The van der Waals surface area contributed by atoms with Gasteiger partial charge >= 0.3 is 0 Å². The molecule has 0 spiro atoms. The number of benzene rings is 1. The Morgan fingerprint density at radius 1 is 1.28 bits per heavy atom. The van der Waals surface area contributed by atoms with E-state index < -0.39 is 0 Å². The Bertz CT molecular complexity index is 464. The van der Waals surface area contributed by atoms with Crippen LogP contribution in [-0.2, 0) is 22.1 Å². The van der Waals surface area contributed by atoms with E-state index in [4.69, 9.17) is 4.74 Å². The predicted molar refractivity (Wildman–Crippen MR) is 75.5 cm³/mol. The van der Waals surface area contributed by atoms with Crippen LogP contribution in [-0.4, -0.2) is 35.8 Å². The molecule has 1 fully saturated rings. The molecule has 2 aliphatic rings. The third kappa shape index (κ3) is 2.21. The third-order valence-electron chi connectivity index (χ3n) is 3.88. The van der Waals surface area contributed by atoms with Crippen LogP contribution < -0.4 is 0 Å². The fraction of sp³-hybridized carbons (Fsp3) is 0.533. The smallest absolute Gasteiger partial charge is 0.215 e. The van der Waals surface area contributed by atoms with Crippen molar-refractivity contribution in [2.24, 2.45) is 0 Å². The van der Waals surface area contributed by atoms with Gasteiger partial charge in [-0.25, -0.2) is 0 Å². The summed E-state index contributed by atoms with van der Waals surface area (Å²) >= 11 is 0. The first-order chi connectivity index (χ1) is 8.75. The van der Waals surface area contributed by atoms with E-state index in [9.17, 15) is 4.79 Å². The van der Waals surface area contributed by atoms with Crippen molar-refractivity contribution in [3.63, 3.8) is 0 Å². The highest BCUT2D eigenvalue weighted by molar-refractivity contribution is 7.98. The molecule has 1 atom stereocenters. The fourth-order valence-corrected chi connectivity index (χ4v) is 5.19. The molecule has 0 bridgehead atoms. The predicted octanol–water partition coefficient (Wildman–Crippen LogP) is 2.14. The van der Waals surface area contributed by atoms with Gasteiger partial charge in [0.2, 0.25) is 5.78 Å². The SMILES string of the molecule is Cc1ccc2c(c1)C(=O)C([S+]1CCOCC1)CC2. The lowest BCUT2D eigenvalue weighted by atomic mass is 9.89. The quantitative estimate of drug-likeness (QED) is 0.726. The Kier molecular flexibility index (Phi) is 3.44. The van der Waals surface area contributed by atoms with Crippen molar-refractivity contribution in [1.82, 2.24) is 0 Å². The minimum atomic E-state index is 0.250. The summed E-state index contributed by atoms with van der Waals surface area (Å²) in [5.74, 6) is 2.56. The van der Waals surface area contributed by atoms with Gasteiger partial charge in [0.15, 0.2) is 5.25 Å². The summed E-state index contributed by atoms with van der Waals surface area (Å²) in [6.07, 6.45) is 2.11. The zero-order valence-electron chi connectivity index (χ0n) is 10.8. The molecule has 1 aromatic carbocycles. The maximum Gasteiger partial charge on any atom is 0.215 e. The molecule has 0 aromatic heterocycles. The minimum Gasteiger partial charge on any atom is -0.372 e. The maximum absolute atomic E-state index is 12.6. The Balaban J connectivity index is 1.86. The van der Waals surface area contributed by atoms with E-state index in [1.807, 2.05) is 0 Å². The molecule has 3 heteroatoms. The first-order valence-corrected chi connectivity index (χ1v) is 8.26. The second kappa shape index (κ2) is 5.06. The number of hydrogen-bond donors (Lipinski definition) is 0. The molecule has 0 N–H and O–H groups in total. The number of ketones is 1. The summed E-state index contributed by atoms with van der Waals surface area (Å²) in [4.78, 5) is 12.6.